The Bertz CT molecular complexity index is 811. The number of nitrogens with zero attached hydrogens (tertiary/aromatic N) is 1. The molecule has 0 fully saturated rings. The van der Waals surface area contributed by atoms with E-state index in [9.17, 15) is 13.7 Å². The first-order chi connectivity index (χ1) is 10.0. The SMILES string of the molecule is Cc1ccc(S(=O)(=O)c2cc3c([nH]2)CCCC3C#N)cc1. The smallest absolute Gasteiger partial charge is 0.221 e. The van der Waals surface area contributed by atoms with Gasteiger partial charge in [0.15, 0.2) is 0 Å². The largest absolute Gasteiger partial charge is 0.349 e. The number of sulfone groups is 1. The third kappa shape index (κ3) is 2.36. The van der Waals surface area contributed by atoms with Gasteiger partial charge in [0.05, 0.1) is 16.9 Å². The highest BCUT2D eigenvalue weighted by molar-refractivity contribution is 7.91. The van der Waals surface area contributed by atoms with E-state index in [0.717, 1.165) is 36.1 Å². The zero-order valence-electron chi connectivity index (χ0n) is 11.8. The maximum atomic E-state index is 12.6. The zero-order valence-corrected chi connectivity index (χ0v) is 12.6. The van der Waals surface area contributed by atoms with Gasteiger partial charge in [-0.25, -0.2) is 8.42 Å². The normalized spacial score (nSPS) is 18.0. The van der Waals surface area contributed by atoms with E-state index in [-0.39, 0.29) is 15.8 Å². The number of nitriles is 1. The second kappa shape index (κ2) is 5.05. The van der Waals surface area contributed by atoms with Gasteiger partial charge in [-0.2, -0.15) is 5.26 Å². The molecule has 2 aromatic rings. The summed E-state index contributed by atoms with van der Waals surface area (Å²) in [5.41, 5.74) is 2.75. The Balaban J connectivity index is 2.07. The molecule has 3 rings (SSSR count). The van der Waals surface area contributed by atoms with Crippen molar-refractivity contribution < 1.29 is 8.42 Å². The fraction of sp³-hybridized carbons (Fsp3) is 0.312. The quantitative estimate of drug-likeness (QED) is 0.926. The number of benzene rings is 1. The van der Waals surface area contributed by atoms with Crippen molar-refractivity contribution in [2.75, 3.05) is 0 Å². The molecular weight excluding hydrogens is 284 g/mol. The molecule has 0 aliphatic heterocycles. The van der Waals surface area contributed by atoms with E-state index < -0.39 is 9.84 Å². The summed E-state index contributed by atoms with van der Waals surface area (Å²) >= 11 is 0. The summed E-state index contributed by atoms with van der Waals surface area (Å²) in [5.74, 6) is -0.202. The Hall–Kier alpha value is -2.06. The number of aromatic nitrogens is 1. The van der Waals surface area contributed by atoms with Crippen LogP contribution in [0.4, 0.5) is 0 Å². The maximum Gasteiger partial charge on any atom is 0.221 e. The molecule has 5 heteroatoms. The lowest BCUT2D eigenvalue weighted by Crippen LogP contribution is -2.06. The predicted octanol–water partition coefficient (Wildman–Crippen LogP) is 3.10. The van der Waals surface area contributed by atoms with E-state index in [0.29, 0.717) is 0 Å². The Morgan fingerprint density at radius 3 is 2.67 bits per heavy atom. The van der Waals surface area contributed by atoms with E-state index in [1.807, 2.05) is 6.92 Å². The third-order valence-corrected chi connectivity index (χ3v) is 5.67. The first-order valence-corrected chi connectivity index (χ1v) is 8.44. The Morgan fingerprint density at radius 1 is 1.29 bits per heavy atom. The molecule has 4 nitrogen and oxygen atoms in total. The minimum Gasteiger partial charge on any atom is -0.349 e. The average Bonchev–Trinajstić information content (AvgIpc) is 2.92. The van der Waals surface area contributed by atoms with Crippen LogP contribution < -0.4 is 0 Å². The number of hydrogen-bond acceptors (Lipinski definition) is 3. The van der Waals surface area contributed by atoms with Crippen molar-refractivity contribution in [1.82, 2.24) is 4.98 Å². The minimum absolute atomic E-state index is 0.193. The highest BCUT2D eigenvalue weighted by Crippen LogP contribution is 2.34. The first kappa shape index (κ1) is 13.9. The fourth-order valence-electron chi connectivity index (χ4n) is 2.76. The Kier molecular flexibility index (Phi) is 3.34. The summed E-state index contributed by atoms with van der Waals surface area (Å²) < 4.78 is 25.3. The van der Waals surface area contributed by atoms with Crippen LogP contribution >= 0.6 is 0 Å². The molecule has 1 atom stereocenters. The van der Waals surface area contributed by atoms with Gasteiger partial charge in [-0.1, -0.05) is 17.7 Å². The van der Waals surface area contributed by atoms with Crippen molar-refractivity contribution in [3.8, 4) is 6.07 Å². The molecule has 1 aliphatic carbocycles. The first-order valence-electron chi connectivity index (χ1n) is 6.95. The molecule has 1 unspecified atom stereocenters. The van der Waals surface area contributed by atoms with Crippen LogP contribution in [0.25, 0.3) is 0 Å². The van der Waals surface area contributed by atoms with Crippen LogP contribution in [0, 0.1) is 18.3 Å². The van der Waals surface area contributed by atoms with Gasteiger partial charge in [0, 0.05) is 5.69 Å². The van der Waals surface area contributed by atoms with Crippen LogP contribution in [0.3, 0.4) is 0 Å². The van der Waals surface area contributed by atoms with E-state index in [4.69, 9.17) is 0 Å². The molecule has 1 aromatic heterocycles. The van der Waals surface area contributed by atoms with Crippen LogP contribution in [0.5, 0.6) is 0 Å². The average molecular weight is 300 g/mol. The number of nitrogens with one attached hydrogen (secondary N) is 1. The molecule has 0 spiro atoms. The summed E-state index contributed by atoms with van der Waals surface area (Å²) in [6.07, 6.45) is 2.51. The predicted molar refractivity (Wildman–Crippen MR) is 78.7 cm³/mol. The number of H-pyrrole nitrogens is 1. The van der Waals surface area contributed by atoms with Crippen molar-refractivity contribution in [3.63, 3.8) is 0 Å². The number of aromatic amines is 1. The van der Waals surface area contributed by atoms with E-state index in [2.05, 4.69) is 11.1 Å². The van der Waals surface area contributed by atoms with Crippen molar-refractivity contribution in [2.24, 2.45) is 0 Å². The van der Waals surface area contributed by atoms with Gasteiger partial charge in [0.1, 0.15) is 5.03 Å². The fourth-order valence-corrected chi connectivity index (χ4v) is 4.05. The van der Waals surface area contributed by atoms with Gasteiger partial charge in [0.2, 0.25) is 9.84 Å². The molecule has 108 valence electrons. The molecule has 1 aliphatic rings. The van der Waals surface area contributed by atoms with Gasteiger partial charge in [0.25, 0.3) is 0 Å². The second-order valence-electron chi connectivity index (χ2n) is 5.46. The lowest BCUT2D eigenvalue weighted by molar-refractivity contribution is 0.592. The number of aryl methyl sites for hydroxylation is 2. The number of rotatable bonds is 2. The third-order valence-electron chi connectivity index (χ3n) is 3.98. The molecule has 1 heterocycles. The molecule has 0 amide bonds. The molecule has 21 heavy (non-hydrogen) atoms. The van der Waals surface area contributed by atoms with Gasteiger partial charge >= 0.3 is 0 Å². The maximum absolute atomic E-state index is 12.6. The van der Waals surface area contributed by atoms with Gasteiger partial charge in [-0.15, -0.1) is 0 Å². The Morgan fingerprint density at radius 2 is 2.00 bits per heavy atom. The van der Waals surface area contributed by atoms with Crippen molar-refractivity contribution >= 4 is 9.84 Å². The van der Waals surface area contributed by atoms with Crippen molar-refractivity contribution in [1.29, 1.82) is 5.26 Å². The molecule has 0 saturated carbocycles. The minimum atomic E-state index is -3.55. The highest BCUT2D eigenvalue weighted by Gasteiger charge is 2.27. The Labute approximate surface area is 124 Å². The molecule has 1 N–H and O–H groups in total. The van der Waals surface area contributed by atoms with E-state index in [1.165, 1.54) is 0 Å². The topological polar surface area (TPSA) is 73.7 Å². The van der Waals surface area contributed by atoms with Gasteiger partial charge in [-0.05, 0) is 49.9 Å². The van der Waals surface area contributed by atoms with Crippen LogP contribution in [-0.2, 0) is 16.3 Å². The van der Waals surface area contributed by atoms with Crippen LogP contribution in [-0.4, -0.2) is 13.4 Å². The van der Waals surface area contributed by atoms with Gasteiger partial charge < -0.3 is 4.98 Å². The van der Waals surface area contributed by atoms with Crippen LogP contribution in [0.1, 0.15) is 35.6 Å². The van der Waals surface area contributed by atoms with Crippen LogP contribution in [0.15, 0.2) is 40.3 Å². The van der Waals surface area contributed by atoms with Crippen molar-refractivity contribution in [3.05, 3.63) is 47.2 Å². The highest BCUT2D eigenvalue weighted by atomic mass is 32.2. The monoisotopic (exact) mass is 300 g/mol. The van der Waals surface area contributed by atoms with Gasteiger partial charge in [-0.3, -0.25) is 0 Å². The van der Waals surface area contributed by atoms with Crippen molar-refractivity contribution in [2.45, 2.75) is 42.0 Å². The van der Waals surface area contributed by atoms with E-state index in [1.54, 1.807) is 30.3 Å². The summed E-state index contributed by atoms with van der Waals surface area (Å²) in [7, 11) is -3.55. The molecular formula is C16H16N2O2S. The summed E-state index contributed by atoms with van der Waals surface area (Å²) in [5, 5.41) is 9.38. The second-order valence-corrected chi connectivity index (χ2v) is 7.38. The lowest BCUT2D eigenvalue weighted by atomic mass is 9.88. The van der Waals surface area contributed by atoms with E-state index >= 15 is 0 Å². The zero-order chi connectivity index (χ0) is 15.0. The number of fused-ring (bicyclic) bond motifs is 1. The molecule has 0 radical (unpaired) electrons. The number of hydrogen-bond donors (Lipinski definition) is 1. The molecule has 1 aromatic carbocycles. The van der Waals surface area contributed by atoms with Crippen LogP contribution in [0.2, 0.25) is 0 Å². The lowest BCUT2D eigenvalue weighted by Gasteiger charge is -2.15. The molecule has 0 bridgehead atoms. The summed E-state index contributed by atoms with van der Waals surface area (Å²) in [4.78, 5) is 3.29. The summed E-state index contributed by atoms with van der Waals surface area (Å²) in [6, 6.07) is 10.7. The summed E-state index contributed by atoms with van der Waals surface area (Å²) in [6.45, 7) is 1.92. The standard InChI is InChI=1S/C16H16N2O2S/c1-11-5-7-13(8-6-11)21(19,20)16-9-14-12(10-17)3-2-4-15(14)18-16/h5-9,12,18H,2-4H2,1H3. The molecule has 0 saturated heterocycles.